The number of allylic oxidation sites excluding steroid dienone is 1. The van der Waals surface area contributed by atoms with Crippen LogP contribution in [0, 0.1) is 11.7 Å². The van der Waals surface area contributed by atoms with Crippen LogP contribution < -0.4 is 5.56 Å². The Morgan fingerprint density at radius 3 is 2.79 bits per heavy atom. The maximum atomic E-state index is 13.6. The topological polar surface area (TPSA) is 36.1 Å². The normalized spacial score (nSPS) is 16.8. The molecule has 1 aromatic carbocycles. The number of pyridine rings is 1. The first-order valence-electron chi connectivity index (χ1n) is 8.14. The van der Waals surface area contributed by atoms with E-state index in [9.17, 15) is 9.18 Å². The minimum atomic E-state index is -0.189. The van der Waals surface area contributed by atoms with Crippen LogP contribution in [0.25, 0.3) is 6.08 Å². The van der Waals surface area contributed by atoms with Crippen molar-refractivity contribution in [2.75, 3.05) is 13.1 Å². The maximum absolute atomic E-state index is 13.6. The standard InChI is InChI=1S/C19H20ClFN2O/c20-17-11-16(19(24)22-12-17)13-23-9-7-14(8-10-23)5-6-15-3-1-2-4-18(15)21/h1-6,11-12,14H,7-10,13H2,(H,22,24)/b6-5+. The molecule has 126 valence electrons. The molecule has 0 aliphatic carbocycles. The van der Waals surface area contributed by atoms with E-state index >= 15 is 0 Å². The number of nitrogens with zero attached hydrogens (tertiary/aromatic N) is 1. The van der Waals surface area contributed by atoms with Gasteiger partial charge < -0.3 is 4.98 Å². The maximum Gasteiger partial charge on any atom is 0.252 e. The molecule has 0 atom stereocenters. The first kappa shape index (κ1) is 16.9. The number of rotatable bonds is 4. The van der Waals surface area contributed by atoms with Gasteiger partial charge >= 0.3 is 0 Å². The molecule has 0 radical (unpaired) electrons. The van der Waals surface area contributed by atoms with Crippen LogP contribution in [0.15, 0.2) is 47.4 Å². The largest absolute Gasteiger partial charge is 0.327 e. The number of hydrogen-bond donors (Lipinski definition) is 1. The average Bonchev–Trinajstić information content (AvgIpc) is 2.59. The number of likely N-dealkylation sites (tertiary alicyclic amines) is 1. The lowest BCUT2D eigenvalue weighted by Gasteiger charge is -2.30. The summed E-state index contributed by atoms with van der Waals surface area (Å²) in [6.45, 7) is 2.44. The van der Waals surface area contributed by atoms with Crippen molar-refractivity contribution < 1.29 is 4.39 Å². The van der Waals surface area contributed by atoms with E-state index in [4.69, 9.17) is 11.6 Å². The zero-order valence-corrected chi connectivity index (χ0v) is 14.1. The number of aromatic nitrogens is 1. The Bertz CT molecular complexity index is 779. The van der Waals surface area contributed by atoms with Crippen molar-refractivity contribution in [3.05, 3.63) is 74.9 Å². The third-order valence-electron chi connectivity index (χ3n) is 4.42. The van der Waals surface area contributed by atoms with Gasteiger partial charge in [0, 0.05) is 23.9 Å². The number of benzene rings is 1. The minimum Gasteiger partial charge on any atom is -0.327 e. The molecule has 3 rings (SSSR count). The molecule has 0 amide bonds. The molecular weight excluding hydrogens is 327 g/mol. The SMILES string of the molecule is O=c1[nH]cc(Cl)cc1CN1CCC(/C=C/c2ccccc2F)CC1. The lowest BCUT2D eigenvalue weighted by atomic mass is 9.95. The summed E-state index contributed by atoms with van der Waals surface area (Å²) in [4.78, 5) is 16.7. The Labute approximate surface area is 145 Å². The van der Waals surface area contributed by atoms with Crippen LogP contribution in [-0.4, -0.2) is 23.0 Å². The monoisotopic (exact) mass is 346 g/mol. The van der Waals surface area contributed by atoms with Crippen LogP contribution >= 0.6 is 11.6 Å². The summed E-state index contributed by atoms with van der Waals surface area (Å²) in [5.74, 6) is 0.255. The number of H-pyrrole nitrogens is 1. The highest BCUT2D eigenvalue weighted by Crippen LogP contribution is 2.21. The van der Waals surface area contributed by atoms with Crippen molar-refractivity contribution in [1.82, 2.24) is 9.88 Å². The van der Waals surface area contributed by atoms with Crippen molar-refractivity contribution in [3.63, 3.8) is 0 Å². The van der Waals surface area contributed by atoms with E-state index in [2.05, 4.69) is 16.0 Å². The van der Waals surface area contributed by atoms with Crippen molar-refractivity contribution in [2.45, 2.75) is 19.4 Å². The third kappa shape index (κ3) is 4.34. The Morgan fingerprint density at radius 1 is 1.29 bits per heavy atom. The lowest BCUT2D eigenvalue weighted by molar-refractivity contribution is 0.195. The molecule has 1 aromatic heterocycles. The predicted octanol–water partition coefficient (Wildman–Crippen LogP) is 4.09. The van der Waals surface area contributed by atoms with Gasteiger partial charge in [0.2, 0.25) is 0 Å². The van der Waals surface area contributed by atoms with Gasteiger partial charge in [0.15, 0.2) is 0 Å². The molecule has 3 nitrogen and oxygen atoms in total. The summed E-state index contributed by atoms with van der Waals surface area (Å²) in [5.41, 5.74) is 1.24. The van der Waals surface area contributed by atoms with E-state index in [1.165, 1.54) is 12.3 Å². The molecule has 2 heterocycles. The molecule has 0 bridgehead atoms. The third-order valence-corrected chi connectivity index (χ3v) is 4.64. The van der Waals surface area contributed by atoms with Crippen LogP contribution in [-0.2, 0) is 6.54 Å². The van der Waals surface area contributed by atoms with E-state index < -0.39 is 0 Å². The van der Waals surface area contributed by atoms with Crippen LogP contribution in [0.1, 0.15) is 24.0 Å². The second kappa shape index (κ2) is 7.77. The first-order chi connectivity index (χ1) is 11.6. The van der Waals surface area contributed by atoms with E-state index in [0.29, 0.717) is 28.6 Å². The summed E-state index contributed by atoms with van der Waals surface area (Å²) in [6, 6.07) is 8.53. The molecule has 1 aliphatic rings. The number of piperidine rings is 1. The molecule has 1 N–H and O–H groups in total. The van der Waals surface area contributed by atoms with Gasteiger partial charge in [0.1, 0.15) is 5.82 Å². The Morgan fingerprint density at radius 2 is 2.04 bits per heavy atom. The molecule has 0 unspecified atom stereocenters. The van der Waals surface area contributed by atoms with Gasteiger partial charge in [-0.3, -0.25) is 9.69 Å². The van der Waals surface area contributed by atoms with Crippen LogP contribution in [0.2, 0.25) is 5.02 Å². The molecule has 0 spiro atoms. The number of nitrogens with one attached hydrogen (secondary N) is 1. The highest BCUT2D eigenvalue weighted by atomic mass is 35.5. The van der Waals surface area contributed by atoms with Gasteiger partial charge in [-0.05, 0) is 44.0 Å². The second-order valence-electron chi connectivity index (χ2n) is 6.17. The van der Waals surface area contributed by atoms with Gasteiger partial charge in [-0.2, -0.15) is 0 Å². The fourth-order valence-corrected chi connectivity index (χ4v) is 3.20. The Hall–Kier alpha value is -1.91. The smallest absolute Gasteiger partial charge is 0.252 e. The van der Waals surface area contributed by atoms with Crippen LogP contribution in [0.3, 0.4) is 0 Å². The van der Waals surface area contributed by atoms with E-state index in [-0.39, 0.29) is 11.4 Å². The Kier molecular flexibility index (Phi) is 5.48. The van der Waals surface area contributed by atoms with Gasteiger partial charge in [-0.25, -0.2) is 4.39 Å². The average molecular weight is 347 g/mol. The molecular formula is C19H20ClFN2O. The number of hydrogen-bond acceptors (Lipinski definition) is 2. The zero-order chi connectivity index (χ0) is 16.9. The van der Waals surface area contributed by atoms with Crippen molar-refractivity contribution in [1.29, 1.82) is 0 Å². The highest BCUT2D eigenvalue weighted by Gasteiger charge is 2.18. The van der Waals surface area contributed by atoms with E-state index in [1.807, 2.05) is 12.1 Å². The second-order valence-corrected chi connectivity index (χ2v) is 6.60. The van der Waals surface area contributed by atoms with Gasteiger partial charge in [-0.1, -0.05) is 42.0 Å². The van der Waals surface area contributed by atoms with Crippen molar-refractivity contribution >= 4 is 17.7 Å². The van der Waals surface area contributed by atoms with E-state index in [1.54, 1.807) is 18.2 Å². The van der Waals surface area contributed by atoms with Crippen molar-refractivity contribution in [3.8, 4) is 0 Å². The molecule has 5 heteroatoms. The Balaban J connectivity index is 1.55. The molecule has 24 heavy (non-hydrogen) atoms. The van der Waals surface area contributed by atoms with Gasteiger partial charge in [0.05, 0.1) is 5.02 Å². The molecule has 1 fully saturated rings. The molecule has 0 saturated carbocycles. The zero-order valence-electron chi connectivity index (χ0n) is 13.3. The van der Waals surface area contributed by atoms with Gasteiger partial charge in [-0.15, -0.1) is 0 Å². The summed E-state index contributed by atoms with van der Waals surface area (Å²) >= 11 is 5.94. The van der Waals surface area contributed by atoms with Crippen molar-refractivity contribution in [2.24, 2.45) is 5.92 Å². The van der Waals surface area contributed by atoms with E-state index in [0.717, 1.165) is 25.9 Å². The summed E-state index contributed by atoms with van der Waals surface area (Å²) in [6.07, 6.45) is 7.49. The number of aromatic amines is 1. The summed E-state index contributed by atoms with van der Waals surface area (Å²) < 4.78 is 13.6. The minimum absolute atomic E-state index is 0.0824. The molecule has 1 saturated heterocycles. The molecule has 1 aliphatic heterocycles. The fourth-order valence-electron chi connectivity index (χ4n) is 3.01. The highest BCUT2D eigenvalue weighted by molar-refractivity contribution is 6.30. The quantitative estimate of drug-likeness (QED) is 0.905. The summed E-state index contributed by atoms with van der Waals surface area (Å²) in [7, 11) is 0. The predicted molar refractivity (Wildman–Crippen MR) is 95.5 cm³/mol. The summed E-state index contributed by atoms with van der Waals surface area (Å²) in [5, 5.41) is 0.548. The van der Waals surface area contributed by atoms with Crippen LogP contribution in [0.5, 0.6) is 0 Å². The number of halogens is 2. The molecule has 2 aromatic rings. The van der Waals surface area contributed by atoms with Gasteiger partial charge in [0.25, 0.3) is 5.56 Å². The fraction of sp³-hybridized carbons (Fsp3) is 0.316. The van der Waals surface area contributed by atoms with Crippen LogP contribution in [0.4, 0.5) is 4.39 Å². The lowest BCUT2D eigenvalue weighted by Crippen LogP contribution is -2.34. The first-order valence-corrected chi connectivity index (χ1v) is 8.52.